The van der Waals surface area contributed by atoms with Crippen LogP contribution in [0.3, 0.4) is 0 Å². The quantitative estimate of drug-likeness (QED) is 0.0494. The molecule has 0 heterocycles. The second kappa shape index (κ2) is 37.4. The fourth-order valence-corrected chi connectivity index (χ4v) is 4.70. The Bertz CT molecular complexity index is 543. The molecule has 0 atom stereocenters. The molecule has 0 saturated carbocycles. The van der Waals surface area contributed by atoms with Gasteiger partial charge in [0.25, 0.3) is 0 Å². The van der Waals surface area contributed by atoms with E-state index >= 15 is 0 Å². The van der Waals surface area contributed by atoms with E-state index in [9.17, 15) is 9.59 Å². The Kier molecular flexibility index (Phi) is 37.9. The smallest absolute Gasteiger partial charge is 0.330 e. The number of hydrogen-bond acceptors (Lipinski definition) is 4. The first kappa shape index (κ1) is 40.6. The Morgan fingerprint density at radius 1 is 0.400 bits per heavy atom. The number of carbonyl (C=O) groups is 2. The van der Waals surface area contributed by atoms with Crippen LogP contribution in [0.5, 0.6) is 0 Å². The van der Waals surface area contributed by atoms with Crippen molar-refractivity contribution in [2.45, 2.75) is 181 Å². The zero-order valence-corrected chi connectivity index (χ0v) is 27.0. The maximum atomic E-state index is 10.8. The van der Waals surface area contributed by atoms with Crippen LogP contribution in [0.2, 0.25) is 0 Å². The first-order valence-corrected chi connectivity index (χ1v) is 17.2. The first-order chi connectivity index (χ1) is 19.6. The minimum atomic E-state index is -0.305. The van der Waals surface area contributed by atoms with Gasteiger partial charge in [-0.15, -0.1) is 0 Å². The van der Waals surface area contributed by atoms with E-state index in [0.717, 1.165) is 12.8 Å². The number of carbonyl (C=O) groups excluding carboxylic acids is 2. The van der Waals surface area contributed by atoms with Gasteiger partial charge in [-0.3, -0.25) is 0 Å². The molecule has 0 amide bonds. The SMILES string of the molecule is C=CC(=O)OCCCCCCCCCCCC.C=CC(=O)OCCCCCCCCCCCCCCCCCC. The summed E-state index contributed by atoms with van der Waals surface area (Å²) in [5, 5.41) is 0. The van der Waals surface area contributed by atoms with Crippen molar-refractivity contribution in [3.63, 3.8) is 0 Å². The van der Waals surface area contributed by atoms with Crippen LogP contribution in [0.25, 0.3) is 0 Å². The van der Waals surface area contributed by atoms with Gasteiger partial charge in [0, 0.05) is 12.2 Å². The number of hydrogen-bond donors (Lipinski definition) is 0. The third-order valence-corrected chi connectivity index (χ3v) is 7.32. The molecule has 0 aliphatic rings. The minimum Gasteiger partial charge on any atom is -0.463 e. The average Bonchev–Trinajstić information content (AvgIpc) is 2.97. The predicted octanol–water partition coefficient (Wildman–Crippen LogP) is 11.6. The maximum absolute atomic E-state index is 10.8. The summed E-state index contributed by atoms with van der Waals surface area (Å²) < 4.78 is 9.86. The van der Waals surface area contributed by atoms with Crippen molar-refractivity contribution in [3.8, 4) is 0 Å². The fraction of sp³-hybridized carbons (Fsp3) is 0.833. The van der Waals surface area contributed by atoms with Crippen LogP contribution in [0.1, 0.15) is 181 Å². The van der Waals surface area contributed by atoms with Crippen molar-refractivity contribution >= 4 is 11.9 Å². The summed E-state index contributed by atoms with van der Waals surface area (Å²) in [6.07, 6.45) is 37.2. The molecule has 40 heavy (non-hydrogen) atoms. The highest BCUT2D eigenvalue weighted by Gasteiger charge is 1.97. The molecule has 0 aliphatic heterocycles. The molecule has 0 aromatic heterocycles. The molecule has 0 spiro atoms. The Morgan fingerprint density at radius 2 is 0.600 bits per heavy atom. The van der Waals surface area contributed by atoms with E-state index in [1.54, 1.807) is 0 Å². The van der Waals surface area contributed by atoms with E-state index < -0.39 is 0 Å². The lowest BCUT2D eigenvalue weighted by Crippen LogP contribution is -2.01. The molecule has 4 nitrogen and oxygen atoms in total. The molecule has 0 N–H and O–H groups in total. The topological polar surface area (TPSA) is 52.6 Å². The van der Waals surface area contributed by atoms with Gasteiger partial charge in [0.1, 0.15) is 0 Å². The van der Waals surface area contributed by atoms with Crippen LogP contribution in [-0.2, 0) is 19.1 Å². The molecule has 236 valence electrons. The van der Waals surface area contributed by atoms with Crippen molar-refractivity contribution in [2.24, 2.45) is 0 Å². The highest BCUT2D eigenvalue weighted by Crippen LogP contribution is 2.14. The van der Waals surface area contributed by atoms with Crippen LogP contribution < -0.4 is 0 Å². The number of ether oxygens (including phenoxy) is 2. The standard InChI is InChI=1S/C21H40O2.C15H28O2/c1-3-5-6-7-8-9-10-11-12-13-14-15-16-17-18-19-20-23-21(22)4-2;1-3-5-6-7-8-9-10-11-12-13-14-17-15(16)4-2/h4H,2-3,5-20H2,1H3;4H,2-3,5-14H2,1H3. The summed E-state index contributed by atoms with van der Waals surface area (Å²) in [6.45, 7) is 12.4. The van der Waals surface area contributed by atoms with Crippen LogP contribution >= 0.6 is 0 Å². The molecule has 0 fully saturated rings. The summed E-state index contributed by atoms with van der Waals surface area (Å²) in [5.74, 6) is -0.605. The third-order valence-electron chi connectivity index (χ3n) is 7.32. The Hall–Kier alpha value is -1.58. The molecule has 0 aromatic carbocycles. The fourth-order valence-electron chi connectivity index (χ4n) is 4.70. The lowest BCUT2D eigenvalue weighted by molar-refractivity contribution is -0.138. The van der Waals surface area contributed by atoms with Gasteiger partial charge in [-0.05, 0) is 12.8 Å². The average molecular weight is 565 g/mol. The predicted molar refractivity (Wildman–Crippen MR) is 174 cm³/mol. The molecule has 0 bridgehead atoms. The van der Waals surface area contributed by atoms with Gasteiger partial charge in [-0.1, -0.05) is 181 Å². The monoisotopic (exact) mass is 565 g/mol. The Morgan fingerprint density at radius 3 is 0.800 bits per heavy atom. The molecule has 0 aliphatic carbocycles. The van der Waals surface area contributed by atoms with Crippen molar-refractivity contribution in [2.75, 3.05) is 13.2 Å². The van der Waals surface area contributed by atoms with Crippen LogP contribution in [0.15, 0.2) is 25.3 Å². The van der Waals surface area contributed by atoms with E-state index in [2.05, 4.69) is 27.0 Å². The largest absolute Gasteiger partial charge is 0.463 e. The Labute approximate surface area is 250 Å². The molecule has 0 rings (SSSR count). The summed E-state index contributed by atoms with van der Waals surface area (Å²) in [6, 6.07) is 0. The highest BCUT2D eigenvalue weighted by molar-refractivity contribution is 5.81. The Balaban J connectivity index is 0. The van der Waals surface area contributed by atoms with Crippen LogP contribution in [0.4, 0.5) is 0 Å². The zero-order chi connectivity index (χ0) is 29.8. The van der Waals surface area contributed by atoms with Crippen molar-refractivity contribution in [1.82, 2.24) is 0 Å². The van der Waals surface area contributed by atoms with Gasteiger partial charge in [-0.2, -0.15) is 0 Å². The lowest BCUT2D eigenvalue weighted by atomic mass is 10.0. The maximum Gasteiger partial charge on any atom is 0.330 e. The van der Waals surface area contributed by atoms with E-state index in [1.807, 2.05) is 0 Å². The molecule has 4 heteroatoms. The van der Waals surface area contributed by atoms with Crippen molar-refractivity contribution in [1.29, 1.82) is 0 Å². The molecule has 0 saturated heterocycles. The van der Waals surface area contributed by atoms with Crippen LogP contribution in [0, 0.1) is 0 Å². The van der Waals surface area contributed by atoms with Gasteiger partial charge >= 0.3 is 11.9 Å². The molecule has 0 aromatic rings. The second-order valence-electron chi connectivity index (χ2n) is 11.2. The van der Waals surface area contributed by atoms with E-state index in [0.29, 0.717) is 13.2 Å². The lowest BCUT2D eigenvalue weighted by Gasteiger charge is -2.04. The molecule has 0 radical (unpaired) electrons. The highest BCUT2D eigenvalue weighted by atomic mass is 16.5. The summed E-state index contributed by atoms with van der Waals surface area (Å²) >= 11 is 0. The minimum absolute atomic E-state index is 0.300. The summed E-state index contributed by atoms with van der Waals surface area (Å²) in [7, 11) is 0. The summed E-state index contributed by atoms with van der Waals surface area (Å²) in [4.78, 5) is 21.6. The van der Waals surface area contributed by atoms with Gasteiger partial charge < -0.3 is 9.47 Å². The van der Waals surface area contributed by atoms with E-state index in [-0.39, 0.29) is 11.9 Å². The van der Waals surface area contributed by atoms with Gasteiger partial charge in [0.05, 0.1) is 13.2 Å². The van der Waals surface area contributed by atoms with Crippen molar-refractivity contribution < 1.29 is 19.1 Å². The zero-order valence-electron chi connectivity index (χ0n) is 27.0. The molecular weight excluding hydrogens is 496 g/mol. The number of esters is 2. The first-order valence-electron chi connectivity index (χ1n) is 17.2. The van der Waals surface area contributed by atoms with Crippen LogP contribution in [-0.4, -0.2) is 25.2 Å². The molecular formula is C36H68O4. The molecule has 0 unspecified atom stereocenters. The van der Waals surface area contributed by atoms with E-state index in [4.69, 9.17) is 9.47 Å². The number of rotatable bonds is 30. The third kappa shape index (κ3) is 38.6. The normalized spacial score (nSPS) is 10.4. The van der Waals surface area contributed by atoms with Gasteiger partial charge in [0.2, 0.25) is 0 Å². The summed E-state index contributed by atoms with van der Waals surface area (Å²) in [5.41, 5.74) is 0. The number of unbranched alkanes of at least 4 members (excludes halogenated alkanes) is 24. The van der Waals surface area contributed by atoms with Crippen molar-refractivity contribution in [3.05, 3.63) is 25.3 Å². The van der Waals surface area contributed by atoms with Gasteiger partial charge in [-0.25, -0.2) is 9.59 Å². The second-order valence-corrected chi connectivity index (χ2v) is 11.2. The van der Waals surface area contributed by atoms with Gasteiger partial charge in [0.15, 0.2) is 0 Å². The van der Waals surface area contributed by atoms with E-state index in [1.165, 1.54) is 166 Å².